The van der Waals surface area contributed by atoms with Crippen molar-refractivity contribution >= 4 is 0 Å². The summed E-state index contributed by atoms with van der Waals surface area (Å²) in [4.78, 5) is 0. The Hall–Kier alpha value is -0.120. The zero-order valence-corrected chi connectivity index (χ0v) is 8.16. The molecule has 0 amide bonds. The van der Waals surface area contributed by atoms with Crippen molar-refractivity contribution in [2.45, 2.75) is 44.5 Å². The summed E-state index contributed by atoms with van der Waals surface area (Å²) in [6.07, 6.45) is 4.12. The first-order valence-electron chi connectivity index (χ1n) is 5.17. The first-order valence-corrected chi connectivity index (χ1v) is 5.17. The summed E-state index contributed by atoms with van der Waals surface area (Å²) < 4.78 is 11.0. The second kappa shape index (κ2) is 3.56. The van der Waals surface area contributed by atoms with E-state index < -0.39 is 6.29 Å². The van der Waals surface area contributed by atoms with Gasteiger partial charge in [0.25, 0.3) is 0 Å². The molecular weight excluding hydrogens is 168 g/mol. The Morgan fingerprint density at radius 3 is 2.85 bits per heavy atom. The van der Waals surface area contributed by atoms with Crippen LogP contribution in [0.5, 0.6) is 0 Å². The van der Waals surface area contributed by atoms with Crippen molar-refractivity contribution in [1.29, 1.82) is 0 Å². The summed E-state index contributed by atoms with van der Waals surface area (Å²) in [5, 5.41) is 9.16. The lowest BCUT2D eigenvalue weighted by Gasteiger charge is -2.45. The smallest absolute Gasteiger partial charge is 0.178 e. The molecule has 0 aromatic carbocycles. The highest BCUT2D eigenvalue weighted by Crippen LogP contribution is 2.38. The van der Waals surface area contributed by atoms with E-state index >= 15 is 0 Å². The molecule has 1 aliphatic carbocycles. The normalized spacial score (nSPS) is 46.6. The standard InChI is InChI=1S/C10H18O3/c1-8-4-2-3-5-10(8)7-12-9(11)6-13-10/h8-9,11H,2-7H2,1H3/t8-,9-,10+/m0/s1. The van der Waals surface area contributed by atoms with Crippen LogP contribution in [0, 0.1) is 5.92 Å². The van der Waals surface area contributed by atoms with Crippen LogP contribution in [0.25, 0.3) is 0 Å². The van der Waals surface area contributed by atoms with Gasteiger partial charge in [-0.25, -0.2) is 0 Å². The topological polar surface area (TPSA) is 38.7 Å². The van der Waals surface area contributed by atoms with Crippen LogP contribution < -0.4 is 0 Å². The number of hydrogen-bond donors (Lipinski definition) is 1. The highest BCUT2D eigenvalue weighted by molar-refractivity contribution is 4.91. The molecule has 0 bridgehead atoms. The number of hydrogen-bond acceptors (Lipinski definition) is 3. The molecule has 0 aromatic rings. The van der Waals surface area contributed by atoms with Crippen LogP contribution in [0.15, 0.2) is 0 Å². The van der Waals surface area contributed by atoms with Gasteiger partial charge in [-0.2, -0.15) is 0 Å². The molecule has 1 aliphatic heterocycles. The molecule has 1 saturated carbocycles. The van der Waals surface area contributed by atoms with E-state index in [4.69, 9.17) is 14.6 Å². The van der Waals surface area contributed by atoms with E-state index in [9.17, 15) is 0 Å². The molecule has 1 heterocycles. The number of rotatable bonds is 0. The lowest BCUT2D eigenvalue weighted by Crippen LogP contribution is -2.52. The van der Waals surface area contributed by atoms with Gasteiger partial charge in [0.2, 0.25) is 0 Å². The van der Waals surface area contributed by atoms with E-state index in [-0.39, 0.29) is 5.60 Å². The van der Waals surface area contributed by atoms with Gasteiger partial charge in [-0.1, -0.05) is 19.8 Å². The van der Waals surface area contributed by atoms with E-state index in [1.165, 1.54) is 19.3 Å². The van der Waals surface area contributed by atoms with Gasteiger partial charge in [0.05, 0.1) is 18.8 Å². The maximum absolute atomic E-state index is 9.16. The molecular formula is C10H18O3. The number of ether oxygens (including phenoxy) is 2. The molecule has 0 unspecified atom stereocenters. The van der Waals surface area contributed by atoms with Crippen LogP contribution in [0.3, 0.4) is 0 Å². The minimum atomic E-state index is -0.709. The molecule has 3 heteroatoms. The average molecular weight is 186 g/mol. The fourth-order valence-electron chi connectivity index (χ4n) is 2.38. The molecule has 13 heavy (non-hydrogen) atoms. The maximum atomic E-state index is 9.16. The fourth-order valence-corrected chi connectivity index (χ4v) is 2.38. The van der Waals surface area contributed by atoms with Gasteiger partial charge in [-0.3, -0.25) is 0 Å². The molecule has 1 N–H and O–H groups in total. The van der Waals surface area contributed by atoms with Gasteiger partial charge in [0.1, 0.15) is 0 Å². The van der Waals surface area contributed by atoms with Gasteiger partial charge in [0.15, 0.2) is 6.29 Å². The van der Waals surface area contributed by atoms with Crippen molar-refractivity contribution in [3.63, 3.8) is 0 Å². The van der Waals surface area contributed by atoms with Gasteiger partial charge in [0, 0.05) is 0 Å². The van der Waals surface area contributed by atoms with Crippen LogP contribution in [0.1, 0.15) is 32.6 Å². The summed E-state index contributed by atoms with van der Waals surface area (Å²) in [6, 6.07) is 0. The average Bonchev–Trinajstić information content (AvgIpc) is 2.15. The number of aliphatic hydroxyl groups excluding tert-OH is 1. The largest absolute Gasteiger partial charge is 0.367 e. The Bertz CT molecular complexity index is 173. The molecule has 0 aromatic heterocycles. The van der Waals surface area contributed by atoms with Crippen LogP contribution in [0.4, 0.5) is 0 Å². The Morgan fingerprint density at radius 2 is 2.23 bits per heavy atom. The minimum absolute atomic E-state index is 0.0858. The van der Waals surface area contributed by atoms with E-state index in [0.717, 1.165) is 6.42 Å². The third kappa shape index (κ3) is 1.73. The van der Waals surface area contributed by atoms with Gasteiger partial charge in [-0.05, 0) is 18.8 Å². The second-order valence-corrected chi connectivity index (χ2v) is 4.29. The molecule has 2 fully saturated rings. The first kappa shape index (κ1) is 9.44. The van der Waals surface area contributed by atoms with Crippen molar-refractivity contribution in [1.82, 2.24) is 0 Å². The molecule has 3 nitrogen and oxygen atoms in total. The monoisotopic (exact) mass is 186 g/mol. The summed E-state index contributed by atoms with van der Waals surface area (Å²) in [5.74, 6) is 0.564. The summed E-state index contributed by atoms with van der Waals surface area (Å²) in [6.45, 7) is 3.12. The Labute approximate surface area is 79.0 Å². The second-order valence-electron chi connectivity index (χ2n) is 4.29. The van der Waals surface area contributed by atoms with Crippen LogP contribution in [-0.2, 0) is 9.47 Å². The first-order chi connectivity index (χ1) is 6.23. The Morgan fingerprint density at radius 1 is 1.38 bits per heavy atom. The highest BCUT2D eigenvalue weighted by atomic mass is 16.7. The van der Waals surface area contributed by atoms with Crippen molar-refractivity contribution < 1.29 is 14.6 Å². The lowest BCUT2D eigenvalue weighted by atomic mass is 9.76. The van der Waals surface area contributed by atoms with Gasteiger partial charge < -0.3 is 14.6 Å². The zero-order chi connectivity index (χ0) is 9.31. The van der Waals surface area contributed by atoms with Gasteiger partial charge >= 0.3 is 0 Å². The predicted molar refractivity (Wildman–Crippen MR) is 48.3 cm³/mol. The van der Waals surface area contributed by atoms with Gasteiger partial charge in [-0.15, -0.1) is 0 Å². The fraction of sp³-hybridized carbons (Fsp3) is 1.00. The molecule has 3 atom stereocenters. The van der Waals surface area contributed by atoms with E-state index in [1.807, 2.05) is 0 Å². The Balaban J connectivity index is 2.01. The Kier molecular flexibility index (Phi) is 2.58. The van der Waals surface area contributed by atoms with E-state index in [2.05, 4.69) is 6.92 Å². The van der Waals surface area contributed by atoms with E-state index in [1.54, 1.807) is 0 Å². The quantitative estimate of drug-likeness (QED) is 0.619. The van der Waals surface area contributed by atoms with Crippen molar-refractivity contribution in [2.24, 2.45) is 5.92 Å². The molecule has 2 aliphatic rings. The van der Waals surface area contributed by atoms with Crippen LogP contribution in [-0.4, -0.2) is 30.2 Å². The van der Waals surface area contributed by atoms with Crippen LogP contribution >= 0.6 is 0 Å². The SMILES string of the molecule is C[C@H]1CCCC[C@@]12CO[C@H](O)CO2. The molecule has 2 rings (SSSR count). The third-order valence-electron chi connectivity index (χ3n) is 3.42. The van der Waals surface area contributed by atoms with Crippen molar-refractivity contribution in [3.8, 4) is 0 Å². The summed E-state index contributed by atoms with van der Waals surface area (Å²) in [7, 11) is 0. The summed E-state index contributed by atoms with van der Waals surface area (Å²) in [5.41, 5.74) is -0.0858. The number of aliphatic hydroxyl groups is 1. The molecule has 0 radical (unpaired) electrons. The van der Waals surface area contributed by atoms with Crippen molar-refractivity contribution in [3.05, 3.63) is 0 Å². The molecule has 1 spiro atoms. The van der Waals surface area contributed by atoms with Crippen molar-refractivity contribution in [2.75, 3.05) is 13.2 Å². The maximum Gasteiger partial charge on any atom is 0.178 e. The third-order valence-corrected chi connectivity index (χ3v) is 3.42. The molecule has 1 saturated heterocycles. The minimum Gasteiger partial charge on any atom is -0.367 e. The predicted octanol–water partition coefficient (Wildman–Crippen LogP) is 1.30. The summed E-state index contributed by atoms with van der Waals surface area (Å²) >= 11 is 0. The van der Waals surface area contributed by atoms with Crippen LogP contribution in [0.2, 0.25) is 0 Å². The molecule has 76 valence electrons. The lowest BCUT2D eigenvalue weighted by molar-refractivity contribution is -0.270. The zero-order valence-electron chi connectivity index (χ0n) is 8.16. The van der Waals surface area contributed by atoms with E-state index in [0.29, 0.717) is 19.1 Å². The highest BCUT2D eigenvalue weighted by Gasteiger charge is 2.42.